The second kappa shape index (κ2) is 15.0. The molecule has 0 unspecified atom stereocenters. The van der Waals surface area contributed by atoms with Crippen molar-refractivity contribution in [3.8, 4) is 23.0 Å². The van der Waals surface area contributed by atoms with Crippen LogP contribution in [-0.4, -0.2) is 38.6 Å². The molecule has 5 aromatic heterocycles. The zero-order chi connectivity index (χ0) is 25.6. The van der Waals surface area contributed by atoms with Crippen LogP contribution in [0, 0.1) is 0 Å². The van der Waals surface area contributed by atoms with Crippen molar-refractivity contribution >= 4 is 9.64 Å². The van der Waals surface area contributed by atoms with Gasteiger partial charge < -0.3 is 13.7 Å². The van der Waals surface area contributed by atoms with E-state index in [1.54, 1.807) is 24.8 Å². The molecule has 5 heterocycles. The van der Waals surface area contributed by atoms with Gasteiger partial charge in [-0.05, 0) is 24.3 Å². The molecule has 0 saturated heterocycles. The summed E-state index contributed by atoms with van der Waals surface area (Å²) in [6, 6.07) is 11.6. The number of pyridine rings is 2. The SMILES string of the molecule is CC(C)c1nccn1C.Cn1ccnc1-c1ccccn1.Cn1ccnc1-c1ccccn1.[Cl][Os]. The topological polar surface area (TPSA) is 79.2 Å². The molecule has 5 rings (SSSR count). The maximum atomic E-state index is 4.67. The first kappa shape index (κ1) is 28.1. The predicted molar refractivity (Wildman–Crippen MR) is 136 cm³/mol. The molecule has 0 spiro atoms. The Hall–Kier alpha value is -3.14. The van der Waals surface area contributed by atoms with Gasteiger partial charge in [-0.3, -0.25) is 9.97 Å². The average Bonchev–Trinajstić information content (AvgIpc) is 3.63. The third-order valence-electron chi connectivity index (χ3n) is 4.81. The Bertz CT molecular complexity index is 1160. The molecule has 0 amide bonds. The first-order valence-electron chi connectivity index (χ1n) is 10.9. The Balaban J connectivity index is 0.000000181. The fourth-order valence-corrected chi connectivity index (χ4v) is 3.15. The van der Waals surface area contributed by atoms with Crippen LogP contribution in [0.4, 0.5) is 0 Å². The van der Waals surface area contributed by atoms with Crippen LogP contribution in [-0.2, 0) is 38.7 Å². The van der Waals surface area contributed by atoms with Gasteiger partial charge >= 0.3 is 27.2 Å². The number of hydrogen-bond acceptors (Lipinski definition) is 5. The van der Waals surface area contributed by atoms with E-state index in [9.17, 15) is 0 Å². The standard InChI is InChI=1S/2C9H9N3.C7H12N2.ClH.Os/c2*1-12-7-6-11-9(12)8-4-2-3-5-10-8;1-6(2)7-8-4-5-9(7)3;;/h2*2-7H,1H3;4-6H,1-3H3;1H;/q;;;;+1/p-1. The molecule has 0 atom stereocenters. The van der Waals surface area contributed by atoms with Crippen molar-refractivity contribution in [1.82, 2.24) is 38.6 Å². The number of imidazole rings is 3. The van der Waals surface area contributed by atoms with Gasteiger partial charge in [0.2, 0.25) is 0 Å². The van der Waals surface area contributed by atoms with Gasteiger partial charge in [0.05, 0.1) is 0 Å². The van der Waals surface area contributed by atoms with Crippen LogP contribution in [0.3, 0.4) is 0 Å². The molecule has 0 aliphatic rings. The third-order valence-corrected chi connectivity index (χ3v) is 4.81. The van der Waals surface area contributed by atoms with Crippen LogP contribution < -0.4 is 0 Å². The second-order valence-corrected chi connectivity index (χ2v) is 7.70. The van der Waals surface area contributed by atoms with E-state index in [0.29, 0.717) is 5.92 Å². The quantitative estimate of drug-likeness (QED) is 0.265. The molecule has 0 saturated carbocycles. The summed E-state index contributed by atoms with van der Waals surface area (Å²) in [5.74, 6) is 3.48. The first-order chi connectivity index (χ1) is 17.0. The van der Waals surface area contributed by atoms with Crippen molar-refractivity contribution in [2.45, 2.75) is 19.8 Å². The molecule has 0 aliphatic heterocycles. The van der Waals surface area contributed by atoms with Gasteiger partial charge in [0.1, 0.15) is 17.2 Å². The fourth-order valence-electron chi connectivity index (χ4n) is 3.15. The fraction of sp³-hybridized carbons (Fsp3) is 0.240. The summed E-state index contributed by atoms with van der Waals surface area (Å²) in [6.45, 7) is 4.28. The Kier molecular flexibility index (Phi) is 12.0. The van der Waals surface area contributed by atoms with Gasteiger partial charge in [-0.2, -0.15) is 0 Å². The predicted octanol–water partition coefficient (Wildman–Crippen LogP) is 5.19. The number of aryl methyl sites for hydroxylation is 3. The molecule has 0 aromatic carbocycles. The van der Waals surface area contributed by atoms with Crippen LogP contribution in [0.2, 0.25) is 0 Å². The molecule has 8 nitrogen and oxygen atoms in total. The van der Waals surface area contributed by atoms with Crippen LogP contribution in [0.5, 0.6) is 0 Å². The van der Waals surface area contributed by atoms with Crippen molar-refractivity contribution in [2.24, 2.45) is 21.1 Å². The Morgan fingerprint density at radius 2 is 1.03 bits per heavy atom. The van der Waals surface area contributed by atoms with Crippen molar-refractivity contribution in [3.05, 3.63) is 91.8 Å². The van der Waals surface area contributed by atoms with E-state index >= 15 is 0 Å². The maximum absolute atomic E-state index is 4.67. The van der Waals surface area contributed by atoms with Gasteiger partial charge in [-0.25, -0.2) is 15.0 Å². The molecule has 5 aromatic rings. The monoisotopic (exact) mass is 669 g/mol. The summed E-state index contributed by atoms with van der Waals surface area (Å²) in [7, 11) is 10.6. The first-order valence-corrected chi connectivity index (χ1v) is 14.0. The summed E-state index contributed by atoms with van der Waals surface area (Å²) in [5.41, 5.74) is 1.81. The normalized spacial score (nSPS) is 9.83. The summed E-state index contributed by atoms with van der Waals surface area (Å²) in [4.78, 5) is 20.9. The number of hydrogen-bond donors (Lipinski definition) is 0. The van der Waals surface area contributed by atoms with E-state index in [2.05, 4.69) is 48.4 Å². The van der Waals surface area contributed by atoms with Crippen molar-refractivity contribution < 1.29 is 17.6 Å². The van der Waals surface area contributed by atoms with Gasteiger partial charge in [0.25, 0.3) is 0 Å². The van der Waals surface area contributed by atoms with Crippen LogP contribution in [0.1, 0.15) is 25.6 Å². The molecule has 0 bridgehead atoms. The second-order valence-electron chi connectivity index (χ2n) is 7.70. The summed E-state index contributed by atoms with van der Waals surface area (Å²) in [5, 5.41) is 0. The zero-order valence-electron chi connectivity index (χ0n) is 20.5. The molecule has 0 N–H and O–H groups in total. The van der Waals surface area contributed by atoms with Crippen molar-refractivity contribution in [2.75, 3.05) is 0 Å². The number of halogens is 1. The third kappa shape index (κ3) is 8.54. The van der Waals surface area contributed by atoms with E-state index in [1.165, 1.54) is 17.6 Å². The zero-order valence-corrected chi connectivity index (χ0v) is 23.8. The number of nitrogens with zero attached hydrogens (tertiary/aromatic N) is 8. The molecule has 0 fully saturated rings. The van der Waals surface area contributed by atoms with E-state index in [-0.39, 0.29) is 0 Å². The van der Waals surface area contributed by atoms with Crippen LogP contribution in [0.15, 0.2) is 86.0 Å². The number of rotatable bonds is 3. The molecular formula is C25H30ClN8Os. The van der Waals surface area contributed by atoms with E-state index < -0.39 is 0 Å². The van der Waals surface area contributed by atoms with Crippen LogP contribution >= 0.6 is 9.64 Å². The van der Waals surface area contributed by atoms with Gasteiger partial charge in [-0.1, -0.05) is 26.0 Å². The molecule has 185 valence electrons. The number of aromatic nitrogens is 8. The van der Waals surface area contributed by atoms with Gasteiger partial charge in [-0.15, -0.1) is 0 Å². The Morgan fingerprint density at radius 3 is 1.29 bits per heavy atom. The van der Waals surface area contributed by atoms with E-state index in [4.69, 9.17) is 0 Å². The molecule has 10 heteroatoms. The minimum atomic E-state index is 0.532. The minimum absolute atomic E-state index is 0.532. The van der Waals surface area contributed by atoms with E-state index in [0.717, 1.165) is 28.9 Å². The molecule has 0 aliphatic carbocycles. The summed E-state index contributed by atoms with van der Waals surface area (Å²) in [6.07, 6.45) is 14.7. The van der Waals surface area contributed by atoms with Crippen molar-refractivity contribution in [1.29, 1.82) is 0 Å². The average molecular weight is 668 g/mol. The molecule has 0 radical (unpaired) electrons. The van der Waals surface area contributed by atoms with Crippen LogP contribution in [0.25, 0.3) is 23.0 Å². The summed E-state index contributed by atoms with van der Waals surface area (Å²) < 4.78 is 5.94. The van der Waals surface area contributed by atoms with E-state index in [1.807, 2.05) is 96.0 Å². The molecule has 35 heavy (non-hydrogen) atoms. The van der Waals surface area contributed by atoms with Gasteiger partial charge in [0, 0.05) is 76.6 Å². The molecular weight excluding hydrogens is 638 g/mol. The Labute approximate surface area is 221 Å². The summed E-state index contributed by atoms with van der Waals surface area (Å²) >= 11 is 1.33. The Morgan fingerprint density at radius 1 is 0.600 bits per heavy atom. The van der Waals surface area contributed by atoms with Gasteiger partial charge in [0.15, 0.2) is 11.6 Å². The van der Waals surface area contributed by atoms with Crippen molar-refractivity contribution in [3.63, 3.8) is 0 Å².